The summed E-state index contributed by atoms with van der Waals surface area (Å²) >= 11 is 0. The molecule has 1 aromatic rings. The zero-order chi connectivity index (χ0) is 21.3. The van der Waals surface area contributed by atoms with Crippen molar-refractivity contribution in [3.63, 3.8) is 0 Å². The van der Waals surface area contributed by atoms with E-state index in [0.29, 0.717) is 11.6 Å². The van der Waals surface area contributed by atoms with Crippen LogP contribution in [0.1, 0.15) is 47.1 Å². The number of allylic oxidation sites excluding steroid dienone is 1. The molecule has 0 aliphatic heterocycles. The fraction of sp³-hybridized carbons (Fsp3) is 0.476. The molecule has 0 atom stereocenters. The van der Waals surface area contributed by atoms with Crippen LogP contribution in [0, 0.1) is 5.92 Å². The summed E-state index contributed by atoms with van der Waals surface area (Å²) in [6, 6.07) is 7.21. The SMILES string of the molecule is C/C(=C\C(=O)Nc1cccc(CNC(=O)CNC(=O)OC(C)(C)C)c1)C(C)C. The summed E-state index contributed by atoms with van der Waals surface area (Å²) in [5.41, 5.74) is 1.86. The van der Waals surface area contributed by atoms with Crippen LogP contribution in [0.4, 0.5) is 10.5 Å². The molecule has 7 heteroatoms. The molecule has 0 bridgehead atoms. The van der Waals surface area contributed by atoms with Crippen molar-refractivity contribution in [1.82, 2.24) is 10.6 Å². The number of carbonyl (C=O) groups is 3. The lowest BCUT2D eigenvalue weighted by atomic mass is 10.1. The molecule has 0 aliphatic rings. The zero-order valence-corrected chi connectivity index (χ0v) is 17.5. The van der Waals surface area contributed by atoms with Gasteiger partial charge in [-0.25, -0.2) is 4.79 Å². The van der Waals surface area contributed by atoms with Crippen LogP contribution in [0.3, 0.4) is 0 Å². The van der Waals surface area contributed by atoms with Crippen LogP contribution in [0.25, 0.3) is 0 Å². The molecule has 1 rings (SSSR count). The number of ether oxygens (including phenoxy) is 1. The van der Waals surface area contributed by atoms with E-state index in [-0.39, 0.29) is 24.9 Å². The maximum Gasteiger partial charge on any atom is 0.408 e. The first-order valence-corrected chi connectivity index (χ1v) is 9.28. The first kappa shape index (κ1) is 23.2. The monoisotopic (exact) mass is 389 g/mol. The summed E-state index contributed by atoms with van der Waals surface area (Å²) in [6.07, 6.45) is 0.943. The number of amides is 3. The third kappa shape index (κ3) is 9.75. The number of hydrogen-bond donors (Lipinski definition) is 3. The van der Waals surface area contributed by atoms with Gasteiger partial charge in [0, 0.05) is 18.3 Å². The number of alkyl carbamates (subject to hydrolysis) is 1. The van der Waals surface area contributed by atoms with Gasteiger partial charge in [-0.15, -0.1) is 0 Å². The third-order valence-corrected chi connectivity index (χ3v) is 3.75. The van der Waals surface area contributed by atoms with Gasteiger partial charge in [0.2, 0.25) is 11.8 Å². The average molecular weight is 389 g/mol. The van der Waals surface area contributed by atoms with E-state index >= 15 is 0 Å². The molecule has 0 aromatic heterocycles. The molecule has 1 aromatic carbocycles. The van der Waals surface area contributed by atoms with Gasteiger partial charge in [0.25, 0.3) is 0 Å². The van der Waals surface area contributed by atoms with E-state index in [1.807, 2.05) is 26.8 Å². The number of nitrogens with one attached hydrogen (secondary N) is 3. The number of rotatable bonds is 7. The highest BCUT2D eigenvalue weighted by molar-refractivity contribution is 5.99. The van der Waals surface area contributed by atoms with Gasteiger partial charge in [-0.2, -0.15) is 0 Å². The zero-order valence-electron chi connectivity index (χ0n) is 17.5. The Morgan fingerprint density at radius 1 is 1.14 bits per heavy atom. The summed E-state index contributed by atoms with van der Waals surface area (Å²) in [6.45, 7) is 11.3. The Kier molecular flexibility index (Phi) is 8.70. The Bertz CT molecular complexity index is 733. The summed E-state index contributed by atoms with van der Waals surface area (Å²) < 4.78 is 5.07. The number of hydrogen-bond acceptors (Lipinski definition) is 4. The second-order valence-corrected chi connectivity index (χ2v) is 7.86. The van der Waals surface area contributed by atoms with Crippen molar-refractivity contribution in [3.05, 3.63) is 41.5 Å². The van der Waals surface area contributed by atoms with Gasteiger partial charge in [0.1, 0.15) is 12.1 Å². The van der Waals surface area contributed by atoms with Gasteiger partial charge in [0.05, 0.1) is 0 Å². The number of benzene rings is 1. The third-order valence-electron chi connectivity index (χ3n) is 3.75. The Balaban J connectivity index is 2.50. The standard InChI is InChI=1S/C21H31N3O4/c1-14(2)15(3)10-18(25)24-17-9-7-8-16(11-17)12-22-19(26)13-23-20(27)28-21(4,5)6/h7-11,14H,12-13H2,1-6H3,(H,22,26)(H,23,27)(H,24,25)/b15-10+. The Morgan fingerprint density at radius 3 is 2.43 bits per heavy atom. The molecule has 7 nitrogen and oxygen atoms in total. The first-order valence-electron chi connectivity index (χ1n) is 9.28. The molecule has 3 amide bonds. The second-order valence-electron chi connectivity index (χ2n) is 7.86. The maximum atomic E-state index is 12.0. The van der Waals surface area contributed by atoms with Crippen LogP contribution >= 0.6 is 0 Å². The van der Waals surface area contributed by atoms with Gasteiger partial charge < -0.3 is 20.7 Å². The van der Waals surface area contributed by atoms with E-state index in [2.05, 4.69) is 16.0 Å². The Labute approximate surface area is 166 Å². The van der Waals surface area contributed by atoms with E-state index in [1.54, 1.807) is 45.0 Å². The molecular weight excluding hydrogens is 358 g/mol. The normalized spacial score (nSPS) is 11.8. The van der Waals surface area contributed by atoms with E-state index in [9.17, 15) is 14.4 Å². The summed E-state index contributed by atoms with van der Waals surface area (Å²) in [7, 11) is 0. The van der Waals surface area contributed by atoms with Crippen LogP contribution in [0.15, 0.2) is 35.9 Å². The highest BCUT2D eigenvalue weighted by Crippen LogP contribution is 2.12. The second kappa shape index (κ2) is 10.5. The van der Waals surface area contributed by atoms with Gasteiger partial charge in [0.15, 0.2) is 0 Å². The van der Waals surface area contributed by atoms with Crippen LogP contribution in [-0.2, 0) is 20.9 Å². The molecule has 154 valence electrons. The lowest BCUT2D eigenvalue weighted by molar-refractivity contribution is -0.120. The van der Waals surface area contributed by atoms with E-state index in [1.165, 1.54) is 0 Å². The first-order chi connectivity index (χ1) is 13.0. The molecule has 0 fully saturated rings. The number of anilines is 1. The minimum Gasteiger partial charge on any atom is -0.444 e. The van der Waals surface area contributed by atoms with Crippen molar-refractivity contribution in [2.45, 2.75) is 53.7 Å². The van der Waals surface area contributed by atoms with Crippen molar-refractivity contribution < 1.29 is 19.1 Å². The smallest absolute Gasteiger partial charge is 0.408 e. The summed E-state index contributed by atoms with van der Waals surface area (Å²) in [4.78, 5) is 35.5. The minimum atomic E-state index is -0.642. The molecular formula is C21H31N3O4. The molecule has 0 aliphatic carbocycles. The summed E-state index contributed by atoms with van der Waals surface area (Å²) in [5.74, 6) is -0.216. The molecule has 28 heavy (non-hydrogen) atoms. The average Bonchev–Trinajstić information content (AvgIpc) is 2.56. The molecule has 0 saturated heterocycles. The molecule has 0 unspecified atom stereocenters. The summed E-state index contributed by atoms with van der Waals surface area (Å²) in [5, 5.41) is 7.93. The van der Waals surface area contributed by atoms with Crippen LogP contribution in [0.2, 0.25) is 0 Å². The van der Waals surface area contributed by atoms with Crippen molar-refractivity contribution in [2.75, 3.05) is 11.9 Å². The number of carbonyl (C=O) groups excluding carboxylic acids is 3. The van der Waals surface area contributed by atoms with Gasteiger partial charge in [-0.1, -0.05) is 31.6 Å². The topological polar surface area (TPSA) is 96.5 Å². The van der Waals surface area contributed by atoms with Gasteiger partial charge in [-0.05, 0) is 51.3 Å². The predicted octanol–water partition coefficient (Wildman–Crippen LogP) is 3.37. The molecule has 0 radical (unpaired) electrons. The lowest BCUT2D eigenvalue weighted by Crippen LogP contribution is -2.39. The van der Waals surface area contributed by atoms with Crippen LogP contribution in [0.5, 0.6) is 0 Å². The Morgan fingerprint density at radius 2 is 1.82 bits per heavy atom. The van der Waals surface area contributed by atoms with E-state index < -0.39 is 11.7 Å². The van der Waals surface area contributed by atoms with Crippen molar-refractivity contribution >= 4 is 23.6 Å². The maximum absolute atomic E-state index is 12.0. The van der Waals surface area contributed by atoms with E-state index in [4.69, 9.17) is 4.74 Å². The highest BCUT2D eigenvalue weighted by atomic mass is 16.6. The largest absolute Gasteiger partial charge is 0.444 e. The van der Waals surface area contributed by atoms with Crippen molar-refractivity contribution in [2.24, 2.45) is 5.92 Å². The van der Waals surface area contributed by atoms with Gasteiger partial charge in [-0.3, -0.25) is 9.59 Å². The quantitative estimate of drug-likeness (QED) is 0.623. The van der Waals surface area contributed by atoms with Crippen LogP contribution < -0.4 is 16.0 Å². The molecule has 0 spiro atoms. The Hall–Kier alpha value is -2.83. The molecule has 3 N–H and O–H groups in total. The minimum absolute atomic E-state index is 0.176. The van der Waals surface area contributed by atoms with Crippen molar-refractivity contribution in [1.29, 1.82) is 0 Å². The molecule has 0 saturated carbocycles. The highest BCUT2D eigenvalue weighted by Gasteiger charge is 2.16. The van der Waals surface area contributed by atoms with Crippen LogP contribution in [-0.4, -0.2) is 30.1 Å². The lowest BCUT2D eigenvalue weighted by Gasteiger charge is -2.19. The fourth-order valence-corrected chi connectivity index (χ4v) is 2.04. The fourth-order valence-electron chi connectivity index (χ4n) is 2.04. The van der Waals surface area contributed by atoms with E-state index in [0.717, 1.165) is 11.1 Å². The molecule has 0 heterocycles. The predicted molar refractivity (Wildman–Crippen MR) is 110 cm³/mol. The van der Waals surface area contributed by atoms with Crippen molar-refractivity contribution in [3.8, 4) is 0 Å². The van der Waals surface area contributed by atoms with Gasteiger partial charge >= 0.3 is 6.09 Å².